The van der Waals surface area contributed by atoms with Crippen LogP contribution in [0.1, 0.15) is 41.4 Å². The Bertz CT molecular complexity index is 1200. The zero-order valence-corrected chi connectivity index (χ0v) is 19.2. The van der Waals surface area contributed by atoms with Crippen molar-refractivity contribution < 1.29 is 24.2 Å². The van der Waals surface area contributed by atoms with E-state index in [1.165, 1.54) is 15.6 Å². The first-order valence-corrected chi connectivity index (χ1v) is 10.9. The van der Waals surface area contributed by atoms with Crippen molar-refractivity contribution in [3.8, 4) is 11.1 Å². The van der Waals surface area contributed by atoms with Gasteiger partial charge < -0.3 is 14.7 Å². The zero-order valence-electron chi connectivity index (χ0n) is 19.2. The Morgan fingerprint density at radius 3 is 2.24 bits per heavy atom. The third-order valence-corrected chi connectivity index (χ3v) is 5.86. The second kappa shape index (κ2) is 9.38. The van der Waals surface area contributed by atoms with Crippen LogP contribution >= 0.6 is 0 Å². The van der Waals surface area contributed by atoms with Crippen molar-refractivity contribution in [1.82, 2.24) is 14.7 Å². The number of benzene rings is 2. The molecular formula is C25H26N4O5. The lowest BCUT2D eigenvalue weighted by Crippen LogP contribution is -2.41. The van der Waals surface area contributed by atoms with Gasteiger partial charge in [-0.2, -0.15) is 5.10 Å². The molecule has 1 aromatic heterocycles. The van der Waals surface area contributed by atoms with Crippen LogP contribution in [-0.2, 0) is 16.6 Å². The van der Waals surface area contributed by atoms with Gasteiger partial charge in [-0.3, -0.25) is 19.6 Å². The van der Waals surface area contributed by atoms with Crippen LogP contribution in [0.15, 0.2) is 54.6 Å². The number of rotatable bonds is 7. The van der Waals surface area contributed by atoms with Crippen LogP contribution in [0.5, 0.6) is 0 Å². The fraction of sp³-hybridized carbons (Fsp3) is 0.280. The largest absolute Gasteiger partial charge is 0.480 e. The topological polar surface area (TPSA) is 114 Å². The monoisotopic (exact) mass is 462 g/mol. The Labute approximate surface area is 196 Å². The van der Waals surface area contributed by atoms with Crippen LogP contribution in [0, 0.1) is 0 Å². The van der Waals surface area contributed by atoms with Crippen molar-refractivity contribution in [1.29, 1.82) is 0 Å². The van der Waals surface area contributed by atoms with Crippen molar-refractivity contribution in [2.24, 2.45) is 7.05 Å². The van der Waals surface area contributed by atoms with E-state index in [1.807, 2.05) is 36.4 Å². The molecule has 0 fully saturated rings. The third-order valence-electron chi connectivity index (χ3n) is 5.86. The summed E-state index contributed by atoms with van der Waals surface area (Å²) in [6, 6.07) is 17.2. The molecule has 0 spiro atoms. The predicted octanol–water partition coefficient (Wildman–Crippen LogP) is 3.72. The van der Waals surface area contributed by atoms with E-state index in [0.29, 0.717) is 0 Å². The maximum Gasteiger partial charge on any atom is 0.412 e. The first-order chi connectivity index (χ1) is 16.3. The minimum absolute atomic E-state index is 0.0744. The Hall–Kier alpha value is -4.14. The number of hydrogen-bond donors (Lipinski definition) is 2. The van der Waals surface area contributed by atoms with E-state index in [1.54, 1.807) is 20.9 Å². The number of fused-ring (bicyclic) bond motifs is 3. The normalized spacial score (nSPS) is 12.2. The van der Waals surface area contributed by atoms with Crippen molar-refractivity contribution in [3.05, 3.63) is 71.4 Å². The molecule has 1 heterocycles. The number of ether oxygens (including phenoxy) is 1. The summed E-state index contributed by atoms with van der Waals surface area (Å²) in [6.07, 6.45) is -0.690. The maximum atomic E-state index is 12.8. The quantitative estimate of drug-likeness (QED) is 0.553. The van der Waals surface area contributed by atoms with Crippen LogP contribution in [0.2, 0.25) is 0 Å². The highest BCUT2D eigenvalue weighted by atomic mass is 16.5. The van der Waals surface area contributed by atoms with E-state index >= 15 is 0 Å². The summed E-state index contributed by atoms with van der Waals surface area (Å²) >= 11 is 0. The average Bonchev–Trinajstić information content (AvgIpc) is 3.32. The molecule has 4 rings (SSSR count). The molecular weight excluding hydrogens is 436 g/mol. The molecule has 0 saturated carbocycles. The Kier molecular flexibility index (Phi) is 6.36. The lowest BCUT2D eigenvalue weighted by atomic mass is 9.98. The summed E-state index contributed by atoms with van der Waals surface area (Å²) < 4.78 is 6.82. The molecule has 2 amide bonds. The van der Waals surface area contributed by atoms with E-state index in [-0.39, 0.29) is 30.1 Å². The molecule has 0 unspecified atom stereocenters. The van der Waals surface area contributed by atoms with Crippen molar-refractivity contribution >= 4 is 23.8 Å². The molecule has 2 N–H and O–H groups in total. The van der Waals surface area contributed by atoms with Crippen molar-refractivity contribution in [2.45, 2.75) is 25.8 Å². The van der Waals surface area contributed by atoms with Crippen molar-refractivity contribution in [3.63, 3.8) is 0 Å². The number of anilines is 1. The number of aliphatic carboxylic acids is 1. The number of amides is 2. The van der Waals surface area contributed by atoms with E-state index in [2.05, 4.69) is 22.5 Å². The van der Waals surface area contributed by atoms with E-state index in [9.17, 15) is 14.4 Å². The number of carboxylic acids is 1. The minimum Gasteiger partial charge on any atom is -0.480 e. The van der Waals surface area contributed by atoms with E-state index < -0.39 is 24.5 Å². The van der Waals surface area contributed by atoms with Gasteiger partial charge in [0.25, 0.3) is 5.91 Å². The Morgan fingerprint density at radius 1 is 1.09 bits per heavy atom. The van der Waals surface area contributed by atoms with Gasteiger partial charge in [0.2, 0.25) is 0 Å². The van der Waals surface area contributed by atoms with Gasteiger partial charge in [-0.15, -0.1) is 0 Å². The average molecular weight is 463 g/mol. The molecule has 0 saturated heterocycles. The molecule has 0 bridgehead atoms. The molecule has 176 valence electrons. The first kappa shape index (κ1) is 23.0. The summed E-state index contributed by atoms with van der Waals surface area (Å²) in [5.74, 6) is -1.54. The van der Waals surface area contributed by atoms with Gasteiger partial charge in [0, 0.05) is 25.1 Å². The maximum absolute atomic E-state index is 12.8. The van der Waals surface area contributed by atoms with Gasteiger partial charge in [-0.1, -0.05) is 48.5 Å². The number of carboxylic acid groups (broad SMARTS) is 1. The molecule has 0 atom stereocenters. The number of aromatic nitrogens is 2. The summed E-state index contributed by atoms with van der Waals surface area (Å²) in [7, 11) is 1.55. The second-order valence-electron chi connectivity index (χ2n) is 8.41. The fourth-order valence-electron chi connectivity index (χ4n) is 4.25. The minimum atomic E-state index is -1.11. The van der Waals surface area contributed by atoms with Crippen molar-refractivity contribution in [2.75, 3.05) is 18.5 Å². The number of carbonyl (C=O) groups excluding carboxylic acids is 2. The highest BCUT2D eigenvalue weighted by Crippen LogP contribution is 2.44. The van der Waals surface area contributed by atoms with Gasteiger partial charge in [-0.05, 0) is 36.1 Å². The van der Waals surface area contributed by atoms with E-state index in [0.717, 1.165) is 22.3 Å². The molecule has 1 aliphatic carbocycles. The SMILES string of the molecule is CC(C)N(CC(=O)O)C(=O)c1cc(NC(=O)OCC2c3ccccc3-c3ccccc32)nn1C. The number of hydrogen-bond acceptors (Lipinski definition) is 5. The van der Waals surface area contributed by atoms with Gasteiger partial charge >= 0.3 is 12.1 Å². The predicted molar refractivity (Wildman–Crippen MR) is 126 cm³/mol. The molecule has 0 radical (unpaired) electrons. The number of nitrogens with one attached hydrogen (secondary N) is 1. The summed E-state index contributed by atoms with van der Waals surface area (Å²) in [6.45, 7) is 3.18. The van der Waals surface area contributed by atoms with Crippen LogP contribution in [0.3, 0.4) is 0 Å². The summed E-state index contributed by atoms with van der Waals surface area (Å²) in [4.78, 5) is 37.7. The molecule has 9 heteroatoms. The molecule has 9 nitrogen and oxygen atoms in total. The molecule has 3 aromatic rings. The third kappa shape index (κ3) is 4.50. The molecule has 1 aliphatic rings. The van der Waals surface area contributed by atoms with Gasteiger partial charge in [0.1, 0.15) is 18.8 Å². The second-order valence-corrected chi connectivity index (χ2v) is 8.41. The lowest BCUT2D eigenvalue weighted by molar-refractivity contribution is -0.138. The van der Waals surface area contributed by atoms with Gasteiger partial charge in [0.05, 0.1) is 0 Å². The van der Waals surface area contributed by atoms with Crippen LogP contribution in [-0.4, -0.2) is 57.0 Å². The molecule has 34 heavy (non-hydrogen) atoms. The highest BCUT2D eigenvalue weighted by molar-refractivity contribution is 5.96. The van der Waals surface area contributed by atoms with E-state index in [4.69, 9.17) is 9.84 Å². The zero-order chi connectivity index (χ0) is 24.4. The van der Waals surface area contributed by atoms with Gasteiger partial charge in [0.15, 0.2) is 5.82 Å². The summed E-state index contributed by atoms with van der Waals surface area (Å²) in [5.41, 5.74) is 4.64. The standard InChI is InChI=1S/C25H26N4O5/c1-15(2)29(13-23(30)31)24(32)21-12-22(27-28(21)3)26-25(33)34-14-20-18-10-6-4-8-16(18)17-9-5-7-11-19(17)20/h4-12,15,20H,13-14H2,1-3H3,(H,30,31)(H,26,27,33). The Balaban J connectivity index is 1.44. The molecule has 2 aromatic carbocycles. The highest BCUT2D eigenvalue weighted by Gasteiger charge is 2.29. The summed E-state index contributed by atoms with van der Waals surface area (Å²) in [5, 5.41) is 15.8. The number of aryl methyl sites for hydroxylation is 1. The smallest absolute Gasteiger partial charge is 0.412 e. The van der Waals surface area contributed by atoms with Crippen LogP contribution in [0.25, 0.3) is 11.1 Å². The van der Waals surface area contributed by atoms with Crippen LogP contribution < -0.4 is 5.32 Å². The first-order valence-electron chi connectivity index (χ1n) is 10.9. The number of carbonyl (C=O) groups is 3. The number of nitrogens with zero attached hydrogens (tertiary/aromatic N) is 3. The fourth-order valence-corrected chi connectivity index (χ4v) is 4.25. The molecule has 0 aliphatic heterocycles. The lowest BCUT2D eigenvalue weighted by Gasteiger charge is -2.24. The Morgan fingerprint density at radius 2 is 1.68 bits per heavy atom. The van der Waals surface area contributed by atoms with Crippen LogP contribution in [0.4, 0.5) is 10.6 Å². The van der Waals surface area contributed by atoms with Gasteiger partial charge in [-0.25, -0.2) is 4.79 Å².